The summed E-state index contributed by atoms with van der Waals surface area (Å²) >= 11 is 0. The molecule has 0 fully saturated rings. The van der Waals surface area contributed by atoms with Crippen LogP contribution in [0.5, 0.6) is 0 Å². The van der Waals surface area contributed by atoms with Crippen molar-refractivity contribution in [2.24, 2.45) is 0 Å². The lowest BCUT2D eigenvalue weighted by Crippen LogP contribution is -2.29. The highest BCUT2D eigenvalue weighted by Crippen LogP contribution is 2.43. The lowest BCUT2D eigenvalue weighted by Gasteiger charge is -2.19. The molecule has 55 heavy (non-hydrogen) atoms. The standard InChI is InChI=1S/C46H85O8P/c1-4-7-9-11-13-15-17-19-21-23-25-26-28-30-32-34-36-38-40-45(47)51-42-44(43-53-55(49,50)52-6-3)54-46(48)41-39-37-35-33-31-29-27-24-22-20-18-16-14-12-10-8-5-2/h8,10,14,16,20,22,44H,4-7,9,11-13,15,17-19,21,23-43H2,1-3H3,(H,49,50)/b10-8-,16-14-,22-20-. The molecule has 0 heterocycles. The summed E-state index contributed by atoms with van der Waals surface area (Å²) in [6.45, 7) is 5.38. The van der Waals surface area contributed by atoms with E-state index in [1.807, 2.05) is 0 Å². The number of ether oxygens (including phenoxy) is 2. The van der Waals surface area contributed by atoms with Crippen molar-refractivity contribution in [3.05, 3.63) is 36.5 Å². The average molecular weight is 797 g/mol. The topological polar surface area (TPSA) is 108 Å². The van der Waals surface area contributed by atoms with E-state index in [0.717, 1.165) is 64.2 Å². The summed E-state index contributed by atoms with van der Waals surface area (Å²) in [5.74, 6) is -0.801. The molecule has 8 nitrogen and oxygen atoms in total. The zero-order valence-corrected chi connectivity index (χ0v) is 36.7. The lowest BCUT2D eigenvalue weighted by atomic mass is 10.0. The smallest absolute Gasteiger partial charge is 0.462 e. The van der Waals surface area contributed by atoms with Crippen LogP contribution in [-0.4, -0.2) is 42.8 Å². The predicted octanol–water partition coefficient (Wildman–Crippen LogP) is 14.4. The molecule has 2 atom stereocenters. The van der Waals surface area contributed by atoms with Gasteiger partial charge in [0.2, 0.25) is 0 Å². The minimum atomic E-state index is -4.28. The van der Waals surface area contributed by atoms with E-state index >= 15 is 0 Å². The van der Waals surface area contributed by atoms with Crippen LogP contribution in [0.25, 0.3) is 0 Å². The highest BCUT2D eigenvalue weighted by molar-refractivity contribution is 7.47. The second-order valence-electron chi connectivity index (χ2n) is 15.0. The second kappa shape index (κ2) is 41.9. The molecule has 0 aromatic carbocycles. The number of carbonyl (C=O) groups excluding carboxylic acids is 2. The first-order valence-corrected chi connectivity index (χ1v) is 24.3. The number of phosphoric acid groups is 1. The number of hydrogen-bond donors (Lipinski definition) is 1. The van der Waals surface area contributed by atoms with Gasteiger partial charge < -0.3 is 14.4 Å². The number of unbranched alkanes of at least 4 members (excludes halogenated alkanes) is 24. The number of hydrogen-bond acceptors (Lipinski definition) is 7. The van der Waals surface area contributed by atoms with E-state index in [0.29, 0.717) is 12.8 Å². The Hall–Kier alpha value is -1.73. The van der Waals surface area contributed by atoms with Crippen LogP contribution in [0.1, 0.15) is 220 Å². The van der Waals surface area contributed by atoms with E-state index in [9.17, 15) is 19.0 Å². The maximum absolute atomic E-state index is 12.6. The number of allylic oxidation sites excluding steroid dienone is 6. The Balaban J connectivity index is 4.04. The van der Waals surface area contributed by atoms with E-state index in [2.05, 4.69) is 50.3 Å². The summed E-state index contributed by atoms with van der Waals surface area (Å²) in [6.07, 6.45) is 47.7. The first-order chi connectivity index (χ1) is 26.8. The molecular formula is C46H85O8P. The Labute approximate surface area is 338 Å². The fourth-order valence-corrected chi connectivity index (χ4v) is 7.17. The molecular weight excluding hydrogens is 711 g/mol. The van der Waals surface area contributed by atoms with E-state index in [1.54, 1.807) is 6.92 Å². The predicted molar refractivity (Wildman–Crippen MR) is 230 cm³/mol. The van der Waals surface area contributed by atoms with Crippen LogP contribution in [0.2, 0.25) is 0 Å². The summed E-state index contributed by atoms with van der Waals surface area (Å²) < 4.78 is 32.7. The fourth-order valence-electron chi connectivity index (χ4n) is 6.41. The first kappa shape index (κ1) is 53.3. The minimum absolute atomic E-state index is 0.000883. The Morgan fingerprint density at radius 2 is 0.927 bits per heavy atom. The molecule has 0 aliphatic heterocycles. The van der Waals surface area contributed by atoms with Crippen molar-refractivity contribution in [1.82, 2.24) is 0 Å². The molecule has 0 radical (unpaired) electrons. The van der Waals surface area contributed by atoms with Gasteiger partial charge in [0, 0.05) is 12.8 Å². The molecule has 9 heteroatoms. The Bertz CT molecular complexity index is 994. The Morgan fingerprint density at radius 3 is 1.40 bits per heavy atom. The van der Waals surface area contributed by atoms with Gasteiger partial charge in [-0.25, -0.2) is 4.57 Å². The molecule has 322 valence electrons. The van der Waals surface area contributed by atoms with Crippen molar-refractivity contribution >= 4 is 19.8 Å². The number of esters is 2. The van der Waals surface area contributed by atoms with Crippen LogP contribution >= 0.6 is 7.82 Å². The molecule has 0 aliphatic carbocycles. The van der Waals surface area contributed by atoms with Crippen LogP contribution < -0.4 is 0 Å². The number of rotatable bonds is 42. The van der Waals surface area contributed by atoms with Crippen LogP contribution in [0.4, 0.5) is 0 Å². The van der Waals surface area contributed by atoms with E-state index in [1.165, 1.54) is 116 Å². The molecule has 0 bridgehead atoms. The summed E-state index contributed by atoms with van der Waals surface area (Å²) in [4.78, 5) is 34.8. The third-order valence-corrected chi connectivity index (χ3v) is 10.8. The van der Waals surface area contributed by atoms with E-state index in [4.69, 9.17) is 18.5 Å². The number of phosphoric ester groups is 1. The van der Waals surface area contributed by atoms with Gasteiger partial charge in [-0.05, 0) is 51.9 Å². The van der Waals surface area contributed by atoms with Gasteiger partial charge in [-0.2, -0.15) is 0 Å². The van der Waals surface area contributed by atoms with Crippen LogP contribution in [-0.2, 0) is 32.7 Å². The van der Waals surface area contributed by atoms with Gasteiger partial charge in [0.05, 0.1) is 13.2 Å². The maximum Gasteiger partial charge on any atom is 0.472 e. The molecule has 0 saturated heterocycles. The molecule has 0 aromatic heterocycles. The van der Waals surface area contributed by atoms with Crippen molar-refractivity contribution in [2.45, 2.75) is 226 Å². The van der Waals surface area contributed by atoms with Crippen molar-refractivity contribution < 1.29 is 37.6 Å². The Kier molecular flexibility index (Phi) is 40.6. The molecule has 0 aromatic rings. The highest BCUT2D eigenvalue weighted by atomic mass is 31.2. The molecule has 0 saturated carbocycles. The van der Waals surface area contributed by atoms with Gasteiger partial charge in [-0.3, -0.25) is 18.6 Å². The molecule has 1 N–H and O–H groups in total. The first-order valence-electron chi connectivity index (χ1n) is 22.8. The van der Waals surface area contributed by atoms with Crippen molar-refractivity contribution in [2.75, 3.05) is 19.8 Å². The maximum atomic E-state index is 12.6. The van der Waals surface area contributed by atoms with Crippen LogP contribution in [0.3, 0.4) is 0 Å². The SMILES string of the molecule is CC/C=C\C/C=C\C/C=C\CCCCCCCCCC(=O)OC(COC(=O)CCCCCCCCCCCCCCCCCCCC)COP(=O)(O)OCC. The van der Waals surface area contributed by atoms with E-state index < -0.39 is 26.5 Å². The van der Waals surface area contributed by atoms with Gasteiger partial charge >= 0.3 is 19.8 Å². The molecule has 0 aliphatic rings. The summed E-state index contributed by atoms with van der Waals surface area (Å²) in [5.41, 5.74) is 0. The monoisotopic (exact) mass is 797 g/mol. The summed E-state index contributed by atoms with van der Waals surface area (Å²) in [6, 6.07) is 0. The van der Waals surface area contributed by atoms with Crippen LogP contribution in [0.15, 0.2) is 36.5 Å². The third kappa shape index (κ3) is 41.7. The highest BCUT2D eigenvalue weighted by Gasteiger charge is 2.25. The quantitative estimate of drug-likeness (QED) is 0.0281. The third-order valence-electron chi connectivity index (χ3n) is 9.71. The van der Waals surface area contributed by atoms with Crippen molar-refractivity contribution in [3.8, 4) is 0 Å². The minimum Gasteiger partial charge on any atom is -0.462 e. The molecule has 0 amide bonds. The summed E-state index contributed by atoms with van der Waals surface area (Å²) in [7, 11) is -4.28. The van der Waals surface area contributed by atoms with Gasteiger partial charge in [-0.1, -0.05) is 192 Å². The van der Waals surface area contributed by atoms with Gasteiger partial charge in [0.15, 0.2) is 6.10 Å². The second-order valence-corrected chi connectivity index (χ2v) is 16.5. The van der Waals surface area contributed by atoms with Gasteiger partial charge in [0.1, 0.15) is 6.61 Å². The Morgan fingerprint density at radius 1 is 0.509 bits per heavy atom. The van der Waals surface area contributed by atoms with Crippen molar-refractivity contribution in [1.29, 1.82) is 0 Å². The zero-order chi connectivity index (χ0) is 40.3. The fraction of sp³-hybridized carbons (Fsp3) is 0.826. The molecule has 0 spiro atoms. The van der Waals surface area contributed by atoms with Gasteiger partial charge in [-0.15, -0.1) is 0 Å². The van der Waals surface area contributed by atoms with Gasteiger partial charge in [0.25, 0.3) is 0 Å². The zero-order valence-electron chi connectivity index (χ0n) is 35.8. The number of carbonyl (C=O) groups is 2. The normalized spacial score (nSPS) is 13.6. The summed E-state index contributed by atoms with van der Waals surface area (Å²) in [5, 5.41) is 0. The van der Waals surface area contributed by atoms with E-state index in [-0.39, 0.29) is 25.6 Å². The molecule has 2 unspecified atom stereocenters. The molecule has 0 rings (SSSR count). The lowest BCUT2D eigenvalue weighted by molar-refractivity contribution is -0.161. The average Bonchev–Trinajstić information content (AvgIpc) is 3.16. The van der Waals surface area contributed by atoms with Crippen molar-refractivity contribution in [3.63, 3.8) is 0 Å². The largest absolute Gasteiger partial charge is 0.472 e. The van der Waals surface area contributed by atoms with Crippen LogP contribution in [0, 0.1) is 0 Å².